The minimum atomic E-state index is -3.54. The van der Waals surface area contributed by atoms with Gasteiger partial charge in [0.1, 0.15) is 0 Å². The number of rotatable bonds is 6. The fourth-order valence-corrected chi connectivity index (χ4v) is 3.64. The molecule has 1 fully saturated rings. The quantitative estimate of drug-likeness (QED) is 0.839. The van der Waals surface area contributed by atoms with Gasteiger partial charge in [-0.25, -0.2) is 8.42 Å². The summed E-state index contributed by atoms with van der Waals surface area (Å²) in [6.07, 6.45) is 1.97. The number of aliphatic hydroxyl groups excluding tert-OH is 1. The van der Waals surface area contributed by atoms with Gasteiger partial charge in [-0.3, -0.25) is 0 Å². The first-order valence-corrected chi connectivity index (χ1v) is 7.62. The summed E-state index contributed by atoms with van der Waals surface area (Å²) < 4.78 is 26.2. The molecular formula is C13H16N2O3S. The van der Waals surface area contributed by atoms with Crippen LogP contribution in [0.5, 0.6) is 0 Å². The van der Waals surface area contributed by atoms with Gasteiger partial charge in [0.2, 0.25) is 10.0 Å². The van der Waals surface area contributed by atoms with Gasteiger partial charge in [-0.15, -0.1) is 0 Å². The average Bonchev–Trinajstić information content (AvgIpc) is 3.21. The van der Waals surface area contributed by atoms with Gasteiger partial charge in [0.25, 0.3) is 0 Å². The Morgan fingerprint density at radius 1 is 1.32 bits per heavy atom. The molecule has 0 bridgehead atoms. The molecule has 0 aromatic heterocycles. The lowest BCUT2D eigenvalue weighted by molar-refractivity contribution is 0.250. The molecule has 19 heavy (non-hydrogen) atoms. The van der Waals surface area contributed by atoms with E-state index in [0.717, 1.165) is 18.4 Å². The van der Waals surface area contributed by atoms with Crippen LogP contribution in [0.15, 0.2) is 29.2 Å². The molecule has 0 radical (unpaired) electrons. The molecule has 1 N–H and O–H groups in total. The molecule has 0 amide bonds. The standard InChI is InChI=1S/C13H16N2O3S/c14-8-7-11-1-5-13(6-2-11)19(17,18)15(9-10-16)12-3-4-12/h1-2,5-6,12,16H,3-4,7,9-10H2. The summed E-state index contributed by atoms with van der Waals surface area (Å²) >= 11 is 0. The maximum absolute atomic E-state index is 12.4. The largest absolute Gasteiger partial charge is 0.395 e. The number of hydrogen-bond acceptors (Lipinski definition) is 4. The maximum atomic E-state index is 12.4. The zero-order valence-electron chi connectivity index (χ0n) is 10.5. The van der Waals surface area contributed by atoms with Crippen LogP contribution in [0.3, 0.4) is 0 Å². The number of nitrogens with zero attached hydrogens (tertiary/aromatic N) is 2. The Hall–Kier alpha value is -1.42. The summed E-state index contributed by atoms with van der Waals surface area (Å²) in [5.41, 5.74) is 0.793. The number of sulfonamides is 1. The second-order valence-electron chi connectivity index (χ2n) is 4.55. The number of benzene rings is 1. The minimum Gasteiger partial charge on any atom is -0.395 e. The van der Waals surface area contributed by atoms with Gasteiger partial charge in [0, 0.05) is 12.6 Å². The fraction of sp³-hybridized carbons (Fsp3) is 0.462. The summed E-state index contributed by atoms with van der Waals surface area (Å²) in [6.45, 7) is -0.0464. The van der Waals surface area contributed by atoms with E-state index in [4.69, 9.17) is 10.4 Å². The molecule has 0 saturated heterocycles. The predicted molar refractivity (Wildman–Crippen MR) is 69.8 cm³/mol. The highest BCUT2D eigenvalue weighted by molar-refractivity contribution is 7.89. The summed E-state index contributed by atoms with van der Waals surface area (Å²) in [4.78, 5) is 0.217. The average molecular weight is 280 g/mol. The molecule has 0 atom stereocenters. The molecule has 0 heterocycles. The molecular weight excluding hydrogens is 264 g/mol. The molecule has 1 aliphatic carbocycles. The highest BCUT2D eigenvalue weighted by atomic mass is 32.2. The maximum Gasteiger partial charge on any atom is 0.243 e. The smallest absolute Gasteiger partial charge is 0.243 e. The van der Waals surface area contributed by atoms with E-state index >= 15 is 0 Å². The highest BCUT2D eigenvalue weighted by Gasteiger charge is 2.37. The van der Waals surface area contributed by atoms with Gasteiger partial charge in [-0.05, 0) is 30.5 Å². The summed E-state index contributed by atoms with van der Waals surface area (Å²) in [5, 5.41) is 17.6. The van der Waals surface area contributed by atoms with Crippen molar-refractivity contribution in [3.8, 4) is 6.07 Å². The van der Waals surface area contributed by atoms with Crippen molar-refractivity contribution in [3.63, 3.8) is 0 Å². The lowest BCUT2D eigenvalue weighted by Gasteiger charge is -2.20. The van der Waals surface area contributed by atoms with Crippen LogP contribution in [-0.2, 0) is 16.4 Å². The van der Waals surface area contributed by atoms with Crippen LogP contribution in [0.2, 0.25) is 0 Å². The van der Waals surface area contributed by atoms with E-state index in [1.807, 2.05) is 6.07 Å². The highest BCUT2D eigenvalue weighted by Crippen LogP contribution is 2.31. The predicted octanol–water partition coefficient (Wildman–Crippen LogP) is 0.898. The molecule has 0 unspecified atom stereocenters. The zero-order chi connectivity index (χ0) is 13.9. The molecule has 102 valence electrons. The molecule has 1 aliphatic rings. The minimum absolute atomic E-state index is 0.0240. The third kappa shape index (κ3) is 3.13. The molecule has 1 saturated carbocycles. The summed E-state index contributed by atoms with van der Waals surface area (Å²) in [7, 11) is -3.54. The first-order valence-electron chi connectivity index (χ1n) is 6.18. The van der Waals surface area contributed by atoms with E-state index in [1.165, 1.54) is 16.4 Å². The van der Waals surface area contributed by atoms with Gasteiger partial charge >= 0.3 is 0 Å². The lowest BCUT2D eigenvalue weighted by atomic mass is 10.2. The third-order valence-electron chi connectivity index (χ3n) is 3.09. The Kier molecular flexibility index (Phi) is 4.20. The monoisotopic (exact) mass is 280 g/mol. The van der Waals surface area contributed by atoms with Gasteiger partial charge in [0.05, 0.1) is 24.0 Å². The Morgan fingerprint density at radius 2 is 1.95 bits per heavy atom. The van der Waals surface area contributed by atoms with Crippen molar-refractivity contribution in [2.75, 3.05) is 13.2 Å². The topological polar surface area (TPSA) is 81.4 Å². The van der Waals surface area contributed by atoms with E-state index < -0.39 is 10.0 Å². The van der Waals surface area contributed by atoms with Crippen LogP contribution in [0, 0.1) is 11.3 Å². The van der Waals surface area contributed by atoms with Crippen molar-refractivity contribution < 1.29 is 13.5 Å². The lowest BCUT2D eigenvalue weighted by Crippen LogP contribution is -2.35. The SMILES string of the molecule is N#CCc1ccc(S(=O)(=O)N(CCO)C2CC2)cc1. The van der Waals surface area contributed by atoms with E-state index in [0.29, 0.717) is 0 Å². The zero-order valence-corrected chi connectivity index (χ0v) is 11.3. The Balaban J connectivity index is 2.25. The van der Waals surface area contributed by atoms with Crippen LogP contribution < -0.4 is 0 Å². The number of nitriles is 1. The van der Waals surface area contributed by atoms with E-state index in [-0.39, 0.29) is 30.5 Å². The normalized spacial score (nSPS) is 15.4. The van der Waals surface area contributed by atoms with Crippen molar-refractivity contribution in [3.05, 3.63) is 29.8 Å². The van der Waals surface area contributed by atoms with Crippen LogP contribution >= 0.6 is 0 Å². The van der Waals surface area contributed by atoms with Gasteiger partial charge in [-0.2, -0.15) is 9.57 Å². The van der Waals surface area contributed by atoms with Crippen LogP contribution in [0.1, 0.15) is 18.4 Å². The number of hydrogen-bond donors (Lipinski definition) is 1. The molecule has 0 spiro atoms. The molecule has 1 aromatic carbocycles. The van der Waals surface area contributed by atoms with Crippen molar-refractivity contribution in [2.45, 2.75) is 30.2 Å². The molecule has 6 heteroatoms. The van der Waals surface area contributed by atoms with Gasteiger partial charge < -0.3 is 5.11 Å². The summed E-state index contributed by atoms with van der Waals surface area (Å²) in [6, 6.07) is 8.40. The third-order valence-corrected chi connectivity index (χ3v) is 5.05. The number of aliphatic hydroxyl groups is 1. The van der Waals surface area contributed by atoms with Crippen LogP contribution in [0.25, 0.3) is 0 Å². The van der Waals surface area contributed by atoms with E-state index in [2.05, 4.69) is 0 Å². The first kappa shape index (κ1) is 14.0. The van der Waals surface area contributed by atoms with E-state index in [1.54, 1.807) is 12.1 Å². The van der Waals surface area contributed by atoms with E-state index in [9.17, 15) is 8.42 Å². The fourth-order valence-electron chi connectivity index (χ4n) is 1.97. The van der Waals surface area contributed by atoms with Crippen molar-refractivity contribution in [1.82, 2.24) is 4.31 Å². The molecule has 2 rings (SSSR count). The van der Waals surface area contributed by atoms with Crippen LogP contribution in [0.4, 0.5) is 0 Å². The Labute approximate surface area is 113 Å². The van der Waals surface area contributed by atoms with Gasteiger partial charge in [-0.1, -0.05) is 12.1 Å². The molecule has 5 nitrogen and oxygen atoms in total. The molecule has 1 aromatic rings. The Morgan fingerprint density at radius 3 is 2.42 bits per heavy atom. The Bertz CT molecular complexity index is 571. The van der Waals surface area contributed by atoms with Gasteiger partial charge in [0.15, 0.2) is 0 Å². The van der Waals surface area contributed by atoms with Crippen molar-refractivity contribution >= 4 is 10.0 Å². The second kappa shape index (κ2) is 5.70. The van der Waals surface area contributed by atoms with Crippen molar-refractivity contribution in [1.29, 1.82) is 5.26 Å². The first-order chi connectivity index (χ1) is 9.09. The van der Waals surface area contributed by atoms with Crippen molar-refractivity contribution in [2.24, 2.45) is 0 Å². The van der Waals surface area contributed by atoms with Crippen LogP contribution in [-0.4, -0.2) is 37.0 Å². The second-order valence-corrected chi connectivity index (χ2v) is 6.44. The molecule has 0 aliphatic heterocycles. The summed E-state index contributed by atoms with van der Waals surface area (Å²) in [5.74, 6) is 0.